The van der Waals surface area contributed by atoms with Gasteiger partial charge in [0, 0.05) is 6.08 Å². The average Bonchev–Trinajstić information content (AvgIpc) is 2.58. The summed E-state index contributed by atoms with van der Waals surface area (Å²) in [5.74, 6) is -0.715. The number of rotatable bonds is 6. The Balaban J connectivity index is 2.02. The molecule has 2 aromatic carbocycles. The fraction of sp³-hybridized carbons (Fsp3) is 0.167. The van der Waals surface area contributed by atoms with E-state index in [0.29, 0.717) is 5.56 Å². The Kier molecular flexibility index (Phi) is 5.88. The summed E-state index contributed by atoms with van der Waals surface area (Å²) in [5.41, 5.74) is 1.35. The van der Waals surface area contributed by atoms with Crippen LogP contribution in [0.3, 0.4) is 0 Å². The van der Waals surface area contributed by atoms with E-state index < -0.39 is 11.9 Å². The van der Waals surface area contributed by atoms with E-state index in [1.807, 2.05) is 30.3 Å². The molecule has 0 aliphatic rings. The molecule has 0 aliphatic heterocycles. The highest BCUT2D eigenvalue weighted by molar-refractivity contribution is 5.92. The van der Waals surface area contributed by atoms with Crippen molar-refractivity contribution in [2.24, 2.45) is 0 Å². The Morgan fingerprint density at radius 3 is 2.65 bits per heavy atom. The van der Waals surface area contributed by atoms with Crippen LogP contribution in [0, 0.1) is 5.82 Å². The number of methoxy groups -OCH3 is 1. The molecule has 23 heavy (non-hydrogen) atoms. The van der Waals surface area contributed by atoms with Gasteiger partial charge in [-0.05, 0) is 29.3 Å². The zero-order valence-electron chi connectivity index (χ0n) is 12.7. The van der Waals surface area contributed by atoms with Crippen molar-refractivity contribution in [3.05, 3.63) is 71.6 Å². The first-order chi connectivity index (χ1) is 11.1. The molecule has 0 spiro atoms. The van der Waals surface area contributed by atoms with E-state index in [1.165, 1.54) is 31.4 Å². The minimum Gasteiger partial charge on any atom is -0.494 e. The lowest BCUT2D eigenvalue weighted by atomic mass is 10.1. The van der Waals surface area contributed by atoms with Crippen molar-refractivity contribution in [2.45, 2.75) is 6.04 Å². The van der Waals surface area contributed by atoms with Gasteiger partial charge in [-0.15, -0.1) is 0 Å². The summed E-state index contributed by atoms with van der Waals surface area (Å²) >= 11 is 0. The van der Waals surface area contributed by atoms with E-state index in [1.54, 1.807) is 6.07 Å². The first-order valence-electron chi connectivity index (χ1n) is 7.12. The number of carbonyl (C=O) groups is 1. The fourth-order valence-electron chi connectivity index (χ4n) is 2.10. The van der Waals surface area contributed by atoms with Gasteiger partial charge >= 0.3 is 0 Å². The molecule has 0 heterocycles. The molecule has 0 unspecified atom stereocenters. The third-order valence-electron chi connectivity index (χ3n) is 3.30. The summed E-state index contributed by atoms with van der Waals surface area (Å²) in [6, 6.07) is 13.1. The van der Waals surface area contributed by atoms with Crippen LogP contribution in [0.15, 0.2) is 54.6 Å². The maximum Gasteiger partial charge on any atom is 0.244 e. The fourth-order valence-corrected chi connectivity index (χ4v) is 2.10. The molecule has 2 rings (SSSR count). The second-order valence-electron chi connectivity index (χ2n) is 4.88. The lowest BCUT2D eigenvalue weighted by Gasteiger charge is -2.15. The standard InChI is InChI=1S/C18H18FNO3/c1-23-17-9-7-13(11-15(17)19)8-10-18(22)20-16(12-21)14-5-3-2-4-6-14/h2-11,16,21H,12H2,1H3,(H,20,22)/b10-8+/t16-/m1/s1. The van der Waals surface area contributed by atoms with Crippen LogP contribution in [0.25, 0.3) is 6.08 Å². The zero-order chi connectivity index (χ0) is 16.7. The molecular weight excluding hydrogens is 297 g/mol. The van der Waals surface area contributed by atoms with Crippen LogP contribution in [0.2, 0.25) is 0 Å². The molecule has 0 saturated carbocycles. The average molecular weight is 315 g/mol. The summed E-state index contributed by atoms with van der Waals surface area (Å²) in [5, 5.41) is 12.1. The van der Waals surface area contributed by atoms with Gasteiger partial charge in [0.2, 0.25) is 5.91 Å². The third-order valence-corrected chi connectivity index (χ3v) is 3.30. The van der Waals surface area contributed by atoms with Gasteiger partial charge in [0.25, 0.3) is 0 Å². The summed E-state index contributed by atoms with van der Waals surface area (Å²) in [6.07, 6.45) is 2.80. The Morgan fingerprint density at radius 2 is 2.04 bits per heavy atom. The Morgan fingerprint density at radius 1 is 1.30 bits per heavy atom. The number of carbonyl (C=O) groups excluding carboxylic acids is 1. The predicted octanol–water partition coefficient (Wildman–Crippen LogP) is 2.70. The predicted molar refractivity (Wildman–Crippen MR) is 86.4 cm³/mol. The van der Waals surface area contributed by atoms with E-state index in [0.717, 1.165) is 5.56 Å². The van der Waals surface area contributed by atoms with Gasteiger partial charge in [-0.25, -0.2) is 4.39 Å². The lowest BCUT2D eigenvalue weighted by Crippen LogP contribution is -2.29. The van der Waals surface area contributed by atoms with Gasteiger partial charge in [-0.1, -0.05) is 36.4 Å². The van der Waals surface area contributed by atoms with Gasteiger partial charge in [0.1, 0.15) is 0 Å². The van der Waals surface area contributed by atoms with Crippen LogP contribution < -0.4 is 10.1 Å². The second kappa shape index (κ2) is 8.10. The number of ether oxygens (including phenoxy) is 1. The molecule has 0 aliphatic carbocycles. The molecule has 4 nitrogen and oxygen atoms in total. The number of hydrogen-bond donors (Lipinski definition) is 2. The highest BCUT2D eigenvalue weighted by Crippen LogP contribution is 2.18. The Labute approximate surface area is 134 Å². The normalized spacial score (nSPS) is 12.1. The summed E-state index contributed by atoms with van der Waals surface area (Å²) in [7, 11) is 1.39. The van der Waals surface area contributed by atoms with E-state index >= 15 is 0 Å². The first kappa shape index (κ1) is 16.7. The van der Waals surface area contributed by atoms with E-state index in [9.17, 15) is 14.3 Å². The topological polar surface area (TPSA) is 58.6 Å². The number of halogens is 1. The van der Waals surface area contributed by atoms with Crippen LogP contribution in [0.4, 0.5) is 4.39 Å². The molecule has 2 N–H and O–H groups in total. The van der Waals surface area contributed by atoms with Crippen molar-refractivity contribution in [2.75, 3.05) is 13.7 Å². The lowest BCUT2D eigenvalue weighted by molar-refractivity contribution is -0.117. The monoisotopic (exact) mass is 315 g/mol. The molecule has 120 valence electrons. The second-order valence-corrected chi connectivity index (χ2v) is 4.88. The maximum absolute atomic E-state index is 13.6. The highest BCUT2D eigenvalue weighted by Gasteiger charge is 2.11. The molecule has 2 aromatic rings. The van der Waals surface area contributed by atoms with Crippen molar-refractivity contribution < 1.29 is 19.0 Å². The summed E-state index contributed by atoms with van der Waals surface area (Å²) in [4.78, 5) is 11.9. The number of amides is 1. The number of benzene rings is 2. The van der Waals surface area contributed by atoms with E-state index in [2.05, 4.69) is 5.32 Å². The van der Waals surface area contributed by atoms with Crippen molar-refractivity contribution >= 4 is 12.0 Å². The largest absolute Gasteiger partial charge is 0.494 e. The number of nitrogens with one attached hydrogen (secondary N) is 1. The van der Waals surface area contributed by atoms with Crippen molar-refractivity contribution in [3.63, 3.8) is 0 Å². The Bertz CT molecular complexity index is 686. The first-order valence-corrected chi connectivity index (χ1v) is 7.12. The SMILES string of the molecule is COc1ccc(/C=C/C(=O)N[C@H](CO)c2ccccc2)cc1F. The van der Waals surface area contributed by atoms with Crippen LogP contribution in [0.5, 0.6) is 5.75 Å². The van der Waals surface area contributed by atoms with Crippen LogP contribution >= 0.6 is 0 Å². The molecule has 5 heteroatoms. The van der Waals surface area contributed by atoms with Crippen LogP contribution in [-0.4, -0.2) is 24.7 Å². The van der Waals surface area contributed by atoms with Gasteiger partial charge < -0.3 is 15.2 Å². The molecule has 1 amide bonds. The molecule has 1 atom stereocenters. The molecular formula is C18H18FNO3. The van der Waals surface area contributed by atoms with Crippen molar-refractivity contribution in [1.29, 1.82) is 0 Å². The van der Waals surface area contributed by atoms with Crippen LogP contribution in [-0.2, 0) is 4.79 Å². The van der Waals surface area contributed by atoms with Crippen LogP contribution in [0.1, 0.15) is 17.2 Å². The molecule has 0 saturated heterocycles. The number of aliphatic hydroxyl groups is 1. The smallest absolute Gasteiger partial charge is 0.244 e. The third kappa shape index (κ3) is 4.66. The molecule has 0 fully saturated rings. The molecule has 0 radical (unpaired) electrons. The Hall–Kier alpha value is -2.66. The van der Waals surface area contributed by atoms with Gasteiger partial charge in [-0.3, -0.25) is 4.79 Å². The minimum atomic E-state index is -0.493. The molecule has 0 aromatic heterocycles. The maximum atomic E-state index is 13.6. The molecule has 0 bridgehead atoms. The quantitative estimate of drug-likeness (QED) is 0.806. The van der Waals surface area contributed by atoms with Gasteiger partial charge in [-0.2, -0.15) is 0 Å². The van der Waals surface area contributed by atoms with Crippen molar-refractivity contribution in [3.8, 4) is 5.75 Å². The summed E-state index contributed by atoms with van der Waals surface area (Å²) in [6.45, 7) is -0.208. The van der Waals surface area contributed by atoms with E-state index in [-0.39, 0.29) is 18.3 Å². The highest BCUT2D eigenvalue weighted by atomic mass is 19.1. The van der Waals surface area contributed by atoms with Crippen molar-refractivity contribution in [1.82, 2.24) is 5.32 Å². The number of hydrogen-bond acceptors (Lipinski definition) is 3. The van der Waals surface area contributed by atoms with E-state index in [4.69, 9.17) is 4.74 Å². The number of aliphatic hydroxyl groups excluding tert-OH is 1. The minimum absolute atomic E-state index is 0.149. The summed E-state index contributed by atoms with van der Waals surface area (Å²) < 4.78 is 18.4. The van der Waals surface area contributed by atoms with Gasteiger partial charge in [0.05, 0.1) is 19.8 Å². The zero-order valence-corrected chi connectivity index (χ0v) is 12.7. The van der Waals surface area contributed by atoms with Gasteiger partial charge in [0.15, 0.2) is 11.6 Å².